The topological polar surface area (TPSA) is 4.93 Å². The largest absolute Gasteiger partial charge is 0.292 e. The highest BCUT2D eigenvalue weighted by molar-refractivity contribution is 7.97. The number of nitrogens with zero attached hydrogens (tertiary/aromatic N) is 1. The molecule has 0 saturated heterocycles. The van der Waals surface area contributed by atoms with Gasteiger partial charge in [-0.15, -0.1) is 0 Å². The van der Waals surface area contributed by atoms with E-state index in [1.807, 2.05) is 24.3 Å². The van der Waals surface area contributed by atoms with Gasteiger partial charge in [0.25, 0.3) is 0 Å². The molecule has 0 bridgehead atoms. The summed E-state index contributed by atoms with van der Waals surface area (Å²) in [4.78, 5) is 1.20. The summed E-state index contributed by atoms with van der Waals surface area (Å²) in [7, 11) is 0. The molecule has 0 aliphatic rings. The molecule has 0 amide bonds. The lowest BCUT2D eigenvalue weighted by Gasteiger charge is -2.06. The Hall–Kier alpha value is -0.860. The zero-order valence-electron chi connectivity index (χ0n) is 8.48. The predicted octanol–water partition coefficient (Wildman–Crippen LogP) is 4.26. The summed E-state index contributed by atoms with van der Waals surface area (Å²) >= 11 is 7.55. The van der Waals surface area contributed by atoms with Crippen LogP contribution in [0.1, 0.15) is 12.6 Å². The van der Waals surface area contributed by atoms with E-state index in [-0.39, 0.29) is 0 Å². The first-order valence-electron chi connectivity index (χ1n) is 4.89. The van der Waals surface area contributed by atoms with Crippen LogP contribution in [0.15, 0.2) is 47.5 Å². The Balaban J connectivity index is 2.18. The number of rotatable bonds is 3. The lowest BCUT2D eigenvalue weighted by atomic mass is 10.3. The van der Waals surface area contributed by atoms with Crippen LogP contribution in [0.2, 0.25) is 5.02 Å². The van der Waals surface area contributed by atoms with Gasteiger partial charge < -0.3 is 0 Å². The van der Waals surface area contributed by atoms with Gasteiger partial charge in [-0.2, -0.15) is 0 Å². The van der Waals surface area contributed by atoms with Crippen molar-refractivity contribution in [3.63, 3.8) is 0 Å². The van der Waals surface area contributed by atoms with Crippen molar-refractivity contribution in [2.45, 2.75) is 18.2 Å². The first-order chi connectivity index (χ1) is 7.29. The number of hydrogen-bond donors (Lipinski definition) is 0. The minimum absolute atomic E-state index is 0.780. The average Bonchev–Trinajstić information content (AvgIpc) is 2.69. The van der Waals surface area contributed by atoms with E-state index in [1.165, 1.54) is 10.6 Å². The summed E-state index contributed by atoms with van der Waals surface area (Å²) in [5.41, 5.74) is 1.33. The van der Waals surface area contributed by atoms with Crippen LogP contribution in [0.25, 0.3) is 0 Å². The normalized spacial score (nSPS) is 10.5. The quantitative estimate of drug-likeness (QED) is 0.772. The van der Waals surface area contributed by atoms with Gasteiger partial charge in [0.05, 0.1) is 0 Å². The van der Waals surface area contributed by atoms with E-state index < -0.39 is 0 Å². The second-order valence-electron chi connectivity index (χ2n) is 3.22. The van der Waals surface area contributed by atoms with Gasteiger partial charge in [0, 0.05) is 21.8 Å². The molecule has 0 N–H and O–H groups in total. The van der Waals surface area contributed by atoms with Crippen molar-refractivity contribution >= 4 is 23.5 Å². The number of halogens is 1. The van der Waals surface area contributed by atoms with Crippen LogP contribution in [0.5, 0.6) is 0 Å². The van der Waals surface area contributed by atoms with Crippen molar-refractivity contribution in [2.75, 3.05) is 0 Å². The Morgan fingerprint density at radius 1 is 1.20 bits per heavy atom. The Bertz CT molecular complexity index is 433. The Morgan fingerprint density at radius 3 is 2.60 bits per heavy atom. The standard InChI is InChI=1S/C12H12ClNS/c1-2-11-4-3-9-14(11)15-12-7-5-10(13)6-8-12/h3-9H,2H2,1H3. The van der Waals surface area contributed by atoms with Crippen LogP contribution in [0.3, 0.4) is 0 Å². The molecule has 2 rings (SSSR count). The van der Waals surface area contributed by atoms with Gasteiger partial charge in [0.2, 0.25) is 0 Å². The number of hydrogen-bond acceptors (Lipinski definition) is 1. The van der Waals surface area contributed by atoms with Gasteiger partial charge in [-0.05, 0) is 54.8 Å². The van der Waals surface area contributed by atoms with E-state index in [2.05, 4.69) is 29.2 Å². The highest BCUT2D eigenvalue weighted by atomic mass is 35.5. The molecule has 1 heterocycles. The fourth-order valence-electron chi connectivity index (χ4n) is 1.37. The minimum Gasteiger partial charge on any atom is -0.292 e. The average molecular weight is 238 g/mol. The van der Waals surface area contributed by atoms with E-state index in [0.29, 0.717) is 0 Å². The molecule has 15 heavy (non-hydrogen) atoms. The van der Waals surface area contributed by atoms with Crippen LogP contribution >= 0.6 is 23.5 Å². The summed E-state index contributed by atoms with van der Waals surface area (Å²) in [6.45, 7) is 2.16. The molecule has 1 nitrogen and oxygen atoms in total. The smallest absolute Gasteiger partial charge is 0.0406 e. The lowest BCUT2D eigenvalue weighted by molar-refractivity contribution is 1.02. The summed E-state index contributed by atoms with van der Waals surface area (Å²) < 4.78 is 2.18. The molecule has 78 valence electrons. The van der Waals surface area contributed by atoms with Crippen molar-refractivity contribution in [1.82, 2.24) is 3.97 Å². The summed E-state index contributed by atoms with van der Waals surface area (Å²) in [5.74, 6) is 0. The Morgan fingerprint density at radius 2 is 1.93 bits per heavy atom. The maximum atomic E-state index is 5.84. The van der Waals surface area contributed by atoms with Gasteiger partial charge in [-0.25, -0.2) is 0 Å². The van der Waals surface area contributed by atoms with E-state index in [9.17, 15) is 0 Å². The van der Waals surface area contributed by atoms with E-state index in [4.69, 9.17) is 11.6 Å². The second kappa shape index (κ2) is 4.77. The van der Waals surface area contributed by atoms with Crippen LogP contribution in [0, 0.1) is 0 Å². The molecule has 0 aliphatic carbocycles. The highest BCUT2D eigenvalue weighted by Gasteiger charge is 2.00. The lowest BCUT2D eigenvalue weighted by Crippen LogP contribution is -1.90. The van der Waals surface area contributed by atoms with Crippen molar-refractivity contribution in [3.8, 4) is 0 Å². The van der Waals surface area contributed by atoms with E-state index in [1.54, 1.807) is 11.9 Å². The maximum Gasteiger partial charge on any atom is 0.0406 e. The molecule has 0 radical (unpaired) electrons. The molecular formula is C12H12ClNS. The zero-order chi connectivity index (χ0) is 10.7. The van der Waals surface area contributed by atoms with E-state index in [0.717, 1.165) is 11.4 Å². The number of aromatic nitrogens is 1. The summed E-state index contributed by atoms with van der Waals surface area (Å²) in [5, 5.41) is 0.780. The molecule has 0 atom stereocenters. The monoisotopic (exact) mass is 237 g/mol. The molecule has 2 aromatic rings. The molecule has 1 aromatic carbocycles. The summed E-state index contributed by atoms with van der Waals surface area (Å²) in [6, 6.07) is 12.1. The van der Waals surface area contributed by atoms with Gasteiger partial charge in [0.15, 0.2) is 0 Å². The van der Waals surface area contributed by atoms with Crippen LogP contribution in [0.4, 0.5) is 0 Å². The predicted molar refractivity (Wildman–Crippen MR) is 66.5 cm³/mol. The van der Waals surface area contributed by atoms with Crippen molar-refractivity contribution in [1.29, 1.82) is 0 Å². The molecule has 3 heteroatoms. The van der Waals surface area contributed by atoms with Crippen molar-refractivity contribution < 1.29 is 0 Å². The summed E-state index contributed by atoms with van der Waals surface area (Å²) in [6.07, 6.45) is 3.13. The second-order valence-corrected chi connectivity index (χ2v) is 4.71. The third-order valence-corrected chi connectivity index (χ3v) is 3.46. The maximum absolute atomic E-state index is 5.84. The zero-order valence-corrected chi connectivity index (χ0v) is 10.1. The van der Waals surface area contributed by atoms with Crippen LogP contribution in [-0.4, -0.2) is 3.97 Å². The number of aryl methyl sites for hydroxylation is 1. The van der Waals surface area contributed by atoms with Crippen molar-refractivity contribution in [2.24, 2.45) is 0 Å². The minimum atomic E-state index is 0.780. The van der Waals surface area contributed by atoms with Crippen molar-refractivity contribution in [3.05, 3.63) is 53.3 Å². The SMILES string of the molecule is CCc1cccn1Sc1ccc(Cl)cc1. The molecule has 1 aromatic heterocycles. The highest BCUT2D eigenvalue weighted by Crippen LogP contribution is 2.24. The van der Waals surface area contributed by atoms with E-state index >= 15 is 0 Å². The van der Waals surface area contributed by atoms with Crippen LogP contribution < -0.4 is 0 Å². The molecule has 0 fully saturated rings. The molecule has 0 spiro atoms. The van der Waals surface area contributed by atoms with Gasteiger partial charge in [-0.1, -0.05) is 18.5 Å². The number of benzene rings is 1. The Kier molecular flexibility index (Phi) is 3.39. The van der Waals surface area contributed by atoms with Gasteiger partial charge in [0.1, 0.15) is 0 Å². The first-order valence-corrected chi connectivity index (χ1v) is 6.05. The van der Waals surface area contributed by atoms with Gasteiger partial charge >= 0.3 is 0 Å². The molecule has 0 saturated carbocycles. The molecular weight excluding hydrogens is 226 g/mol. The third-order valence-electron chi connectivity index (χ3n) is 2.17. The molecule has 0 aliphatic heterocycles. The van der Waals surface area contributed by atoms with Crippen LogP contribution in [-0.2, 0) is 6.42 Å². The Labute approximate surface area is 99.2 Å². The third kappa shape index (κ3) is 2.58. The fourth-order valence-corrected chi connectivity index (χ4v) is 2.42. The molecule has 0 unspecified atom stereocenters. The van der Waals surface area contributed by atoms with Gasteiger partial charge in [-0.3, -0.25) is 3.97 Å². The fraction of sp³-hybridized carbons (Fsp3) is 0.167. The first kappa shape index (κ1) is 10.7.